The van der Waals surface area contributed by atoms with Crippen LogP contribution in [0.3, 0.4) is 0 Å². The minimum atomic E-state index is -0.733. The fraction of sp³-hybridized carbons (Fsp3) is 0.391. The minimum absolute atomic E-state index is 0.0627. The second kappa shape index (κ2) is 7.23. The quantitative estimate of drug-likeness (QED) is 0.626. The van der Waals surface area contributed by atoms with Crippen LogP contribution in [0.5, 0.6) is 0 Å². The number of hydrogen-bond acceptors (Lipinski definition) is 5. The molecule has 2 aliphatic rings. The van der Waals surface area contributed by atoms with Gasteiger partial charge in [-0.1, -0.05) is 30.3 Å². The molecular formula is C23H26FN5O2. The molecule has 2 aromatic heterocycles. The molecule has 3 heterocycles. The Balaban J connectivity index is 1.58. The summed E-state index contributed by atoms with van der Waals surface area (Å²) in [5.74, 6) is 5.45. The van der Waals surface area contributed by atoms with Crippen LogP contribution in [0.15, 0.2) is 46.1 Å². The predicted octanol–water partition coefficient (Wildman–Crippen LogP) is 2.03. The molecule has 0 amide bonds. The molecule has 4 N–H and O–H groups in total. The van der Waals surface area contributed by atoms with Gasteiger partial charge in [0, 0.05) is 30.3 Å². The number of nitrogens with zero attached hydrogens (tertiary/aromatic N) is 3. The zero-order chi connectivity index (χ0) is 21.9. The van der Waals surface area contributed by atoms with Crippen molar-refractivity contribution in [2.24, 2.45) is 11.7 Å². The Kier molecular flexibility index (Phi) is 4.62. The van der Waals surface area contributed by atoms with Crippen LogP contribution < -0.4 is 27.7 Å². The van der Waals surface area contributed by atoms with E-state index < -0.39 is 17.1 Å². The van der Waals surface area contributed by atoms with Crippen LogP contribution in [-0.2, 0) is 0 Å². The number of benzene rings is 1. The van der Waals surface area contributed by atoms with Gasteiger partial charge >= 0.3 is 5.69 Å². The van der Waals surface area contributed by atoms with E-state index in [1.54, 1.807) is 6.92 Å². The Hall–Kier alpha value is -3.13. The first-order chi connectivity index (χ1) is 14.9. The SMILES string of the molecule is Cc1c(N2CCC(C(N)c3ccccc3)C2)c(F)cn2c(=O)n(N)c(=O)c(C3CC3)c12. The van der Waals surface area contributed by atoms with Crippen molar-refractivity contribution >= 4 is 11.2 Å². The van der Waals surface area contributed by atoms with Gasteiger partial charge in [0.1, 0.15) is 0 Å². The zero-order valence-electron chi connectivity index (χ0n) is 17.4. The number of anilines is 1. The normalized spacial score (nSPS) is 19.8. The van der Waals surface area contributed by atoms with Gasteiger partial charge in [0.2, 0.25) is 0 Å². The molecule has 1 aliphatic heterocycles. The highest BCUT2D eigenvalue weighted by molar-refractivity contribution is 5.72. The average molecular weight is 423 g/mol. The lowest BCUT2D eigenvalue weighted by Crippen LogP contribution is -2.44. The lowest BCUT2D eigenvalue weighted by Gasteiger charge is -2.25. The number of halogens is 1. The standard InChI is InChI=1S/C23H26FN5O2/c1-13-20(27-10-9-16(11-27)19(25)15-5-3-2-4-6-15)17(24)12-28-21(13)18(14-7-8-14)22(30)29(26)23(28)31/h2-6,12,14,16,19H,7-11,25-26H2,1H3. The summed E-state index contributed by atoms with van der Waals surface area (Å²) in [4.78, 5) is 27.3. The highest BCUT2D eigenvalue weighted by atomic mass is 19.1. The summed E-state index contributed by atoms with van der Waals surface area (Å²) in [5.41, 5.74) is 8.41. The maximum absolute atomic E-state index is 15.3. The van der Waals surface area contributed by atoms with Gasteiger partial charge in [0.05, 0.1) is 17.4 Å². The van der Waals surface area contributed by atoms with E-state index in [0.717, 1.165) is 24.8 Å². The molecule has 3 aromatic rings. The van der Waals surface area contributed by atoms with Crippen molar-refractivity contribution in [3.63, 3.8) is 0 Å². The predicted molar refractivity (Wildman–Crippen MR) is 118 cm³/mol. The molecule has 1 aromatic carbocycles. The van der Waals surface area contributed by atoms with Gasteiger partial charge in [-0.2, -0.15) is 4.68 Å². The zero-order valence-corrected chi connectivity index (χ0v) is 17.4. The first-order valence-corrected chi connectivity index (χ1v) is 10.7. The van der Waals surface area contributed by atoms with Crippen LogP contribution in [0.25, 0.3) is 5.52 Å². The molecule has 8 heteroatoms. The average Bonchev–Trinajstić information content (AvgIpc) is 3.49. The van der Waals surface area contributed by atoms with E-state index >= 15 is 4.39 Å². The van der Waals surface area contributed by atoms with E-state index in [0.29, 0.717) is 40.1 Å². The van der Waals surface area contributed by atoms with Gasteiger partial charge < -0.3 is 16.5 Å². The van der Waals surface area contributed by atoms with Gasteiger partial charge in [0.15, 0.2) is 5.82 Å². The second-order valence-electron chi connectivity index (χ2n) is 8.75. The molecule has 2 fully saturated rings. The summed E-state index contributed by atoms with van der Waals surface area (Å²) < 4.78 is 17.1. The molecule has 31 heavy (non-hydrogen) atoms. The second-order valence-corrected chi connectivity index (χ2v) is 8.75. The van der Waals surface area contributed by atoms with Crippen LogP contribution in [0, 0.1) is 18.7 Å². The summed E-state index contributed by atoms with van der Waals surface area (Å²) in [7, 11) is 0. The van der Waals surface area contributed by atoms with E-state index in [9.17, 15) is 9.59 Å². The van der Waals surface area contributed by atoms with Crippen molar-refractivity contribution < 1.29 is 4.39 Å². The monoisotopic (exact) mass is 423 g/mol. The third-order valence-electron chi connectivity index (χ3n) is 6.76. The smallest absolute Gasteiger partial charge is 0.354 e. The molecule has 1 aliphatic carbocycles. The Labute approximate surface area is 178 Å². The Morgan fingerprint density at radius 1 is 1.13 bits per heavy atom. The number of aromatic nitrogens is 2. The summed E-state index contributed by atoms with van der Waals surface area (Å²) in [6.07, 6.45) is 3.74. The fourth-order valence-electron chi connectivity index (χ4n) is 4.99. The number of pyridine rings is 1. The number of nitrogens with two attached hydrogens (primary N) is 2. The molecule has 2 atom stereocenters. The van der Waals surface area contributed by atoms with Crippen molar-refractivity contribution in [1.29, 1.82) is 0 Å². The Morgan fingerprint density at radius 2 is 1.84 bits per heavy atom. The van der Waals surface area contributed by atoms with E-state index in [2.05, 4.69) is 0 Å². The molecule has 2 unspecified atom stereocenters. The van der Waals surface area contributed by atoms with E-state index in [1.165, 1.54) is 10.6 Å². The number of fused-ring (bicyclic) bond motifs is 1. The Bertz CT molecular complexity index is 1280. The molecule has 5 rings (SSSR count). The molecule has 0 radical (unpaired) electrons. The molecule has 0 bridgehead atoms. The van der Waals surface area contributed by atoms with Crippen molar-refractivity contribution in [2.75, 3.05) is 23.8 Å². The van der Waals surface area contributed by atoms with Crippen molar-refractivity contribution in [2.45, 2.75) is 38.1 Å². The molecule has 1 saturated heterocycles. The van der Waals surface area contributed by atoms with E-state index in [-0.39, 0.29) is 17.9 Å². The van der Waals surface area contributed by atoms with Crippen molar-refractivity contribution in [1.82, 2.24) is 9.08 Å². The van der Waals surface area contributed by atoms with Crippen molar-refractivity contribution in [3.8, 4) is 0 Å². The summed E-state index contributed by atoms with van der Waals surface area (Å²) in [6.45, 7) is 3.06. The highest BCUT2D eigenvalue weighted by Crippen LogP contribution is 2.42. The van der Waals surface area contributed by atoms with Crippen LogP contribution in [0.4, 0.5) is 10.1 Å². The third kappa shape index (κ3) is 3.13. The molecule has 162 valence electrons. The largest absolute Gasteiger partial charge is 0.368 e. The van der Waals surface area contributed by atoms with Gasteiger partial charge in [-0.25, -0.2) is 9.18 Å². The van der Waals surface area contributed by atoms with Crippen LogP contribution >= 0.6 is 0 Å². The van der Waals surface area contributed by atoms with Gasteiger partial charge in [0.25, 0.3) is 5.56 Å². The van der Waals surface area contributed by atoms with E-state index in [4.69, 9.17) is 11.6 Å². The van der Waals surface area contributed by atoms with Gasteiger partial charge in [-0.3, -0.25) is 9.20 Å². The molecular weight excluding hydrogens is 397 g/mol. The number of nitrogen functional groups attached to an aromatic ring is 1. The first kappa shape index (κ1) is 19.8. The maximum Gasteiger partial charge on any atom is 0.354 e. The number of hydrogen-bond donors (Lipinski definition) is 2. The van der Waals surface area contributed by atoms with E-state index in [1.807, 2.05) is 35.2 Å². The minimum Gasteiger partial charge on any atom is -0.368 e. The lowest BCUT2D eigenvalue weighted by atomic mass is 9.93. The summed E-state index contributed by atoms with van der Waals surface area (Å²) in [6, 6.07) is 9.79. The molecule has 0 spiro atoms. The topological polar surface area (TPSA) is 98.8 Å². The van der Waals surface area contributed by atoms with Crippen molar-refractivity contribution in [3.05, 3.63) is 79.9 Å². The Morgan fingerprint density at radius 3 is 2.52 bits per heavy atom. The van der Waals surface area contributed by atoms with Gasteiger partial charge in [-0.05, 0) is 43.6 Å². The van der Waals surface area contributed by atoms with Crippen LogP contribution in [0.1, 0.15) is 47.9 Å². The highest BCUT2D eigenvalue weighted by Gasteiger charge is 2.34. The first-order valence-electron chi connectivity index (χ1n) is 10.7. The lowest BCUT2D eigenvalue weighted by molar-refractivity contribution is 0.474. The number of rotatable bonds is 4. The molecule has 1 saturated carbocycles. The third-order valence-corrected chi connectivity index (χ3v) is 6.76. The summed E-state index contributed by atoms with van der Waals surface area (Å²) in [5, 5.41) is 0. The van der Waals surface area contributed by atoms with Crippen LogP contribution in [0.2, 0.25) is 0 Å². The fourth-order valence-corrected chi connectivity index (χ4v) is 4.99. The maximum atomic E-state index is 15.3. The number of aryl methyl sites for hydroxylation is 1. The van der Waals surface area contributed by atoms with Gasteiger partial charge in [-0.15, -0.1) is 0 Å². The summed E-state index contributed by atoms with van der Waals surface area (Å²) >= 11 is 0. The van der Waals surface area contributed by atoms with Crippen LogP contribution in [-0.4, -0.2) is 22.2 Å². The molecule has 7 nitrogen and oxygen atoms in total.